The van der Waals surface area contributed by atoms with Crippen LogP contribution in [0, 0.1) is 22.7 Å². The molecule has 0 spiro atoms. The first kappa shape index (κ1) is 47.4. The van der Waals surface area contributed by atoms with Gasteiger partial charge >= 0.3 is 11.8 Å². The van der Waals surface area contributed by atoms with Gasteiger partial charge in [-0.2, -0.15) is 23.7 Å². The lowest BCUT2D eigenvalue weighted by Crippen LogP contribution is -2.47. The molecule has 60 heavy (non-hydrogen) atoms. The minimum absolute atomic E-state index is 0.0570. The van der Waals surface area contributed by atoms with Crippen molar-refractivity contribution in [2.75, 3.05) is 111 Å². The van der Waals surface area contributed by atoms with Crippen molar-refractivity contribution in [3.8, 4) is 17.9 Å². The van der Waals surface area contributed by atoms with Crippen LogP contribution in [0.2, 0.25) is 0 Å². The third kappa shape index (κ3) is 14.5. The van der Waals surface area contributed by atoms with Gasteiger partial charge in [-0.05, 0) is 76.1 Å². The van der Waals surface area contributed by atoms with E-state index in [-0.39, 0.29) is 42.6 Å². The number of unbranched alkanes of at least 4 members (excludes halogenated alkanes) is 2. The number of amides is 3. The molecule has 2 aliphatic heterocycles. The molecule has 0 aromatic heterocycles. The SMILES string of the molecule is COc1ccccc1N1CCN(CCCC(=O)N(CCNCC(=O)NCCCN(CCCC#N)CCCC#N)CCN(C)C(=O)c2ccc(C3(C(F)(F)F)N=N3)cc2)CC1. The van der Waals surface area contributed by atoms with Gasteiger partial charge in [0.2, 0.25) is 11.8 Å². The fraction of sp³-hybridized carbons (Fsp3) is 0.595. The van der Waals surface area contributed by atoms with Gasteiger partial charge < -0.3 is 35.0 Å². The first-order valence-corrected chi connectivity index (χ1v) is 20.6. The van der Waals surface area contributed by atoms with E-state index in [0.29, 0.717) is 45.3 Å². The maximum Gasteiger partial charge on any atom is 0.442 e. The van der Waals surface area contributed by atoms with E-state index in [4.69, 9.17) is 15.3 Å². The van der Waals surface area contributed by atoms with Crippen LogP contribution in [0.15, 0.2) is 58.8 Å². The summed E-state index contributed by atoms with van der Waals surface area (Å²) in [4.78, 5) is 49.4. The molecule has 1 fully saturated rings. The Hall–Kier alpha value is -5.30. The summed E-state index contributed by atoms with van der Waals surface area (Å²) in [5.74, 6) is 0.168. The average molecular weight is 838 g/mol. The zero-order valence-corrected chi connectivity index (χ0v) is 34.8. The van der Waals surface area contributed by atoms with Gasteiger partial charge in [-0.25, -0.2) is 0 Å². The van der Waals surface area contributed by atoms with Gasteiger partial charge in [0.1, 0.15) is 5.75 Å². The van der Waals surface area contributed by atoms with E-state index in [1.54, 1.807) is 19.1 Å². The zero-order valence-electron chi connectivity index (χ0n) is 34.8. The van der Waals surface area contributed by atoms with E-state index >= 15 is 0 Å². The summed E-state index contributed by atoms with van der Waals surface area (Å²) < 4.78 is 45.9. The van der Waals surface area contributed by atoms with Crippen molar-refractivity contribution in [1.29, 1.82) is 10.5 Å². The van der Waals surface area contributed by atoms with Gasteiger partial charge in [0.15, 0.2) is 0 Å². The molecular weight excluding hydrogens is 780 g/mol. The monoisotopic (exact) mass is 837 g/mol. The number of nitriles is 2. The number of carbonyl (C=O) groups is 3. The molecule has 15 nitrogen and oxygen atoms in total. The number of carbonyl (C=O) groups excluding carboxylic acids is 3. The van der Waals surface area contributed by atoms with Crippen LogP contribution in [0.3, 0.4) is 0 Å². The standard InChI is InChI=1S/C42H58F3N11O4/c1-52(40(59)34-14-16-35(17-15-34)41(50-51-41)42(43,44)45)27-30-56(26-21-48-33-38(57)49-20-10-25-53(22-7-5-18-46)23-8-6-19-47)39(58)13-9-24-54-28-31-55(32-29-54)36-11-3-4-12-37(36)60-2/h3-4,11-12,14-17,48H,5-10,13,20-33H2,1-2H3,(H,49,57). The summed E-state index contributed by atoms with van der Waals surface area (Å²) in [6, 6.07) is 17.3. The number of nitrogens with zero attached hydrogens (tertiary/aromatic N) is 9. The number of likely N-dealkylation sites (N-methyl/N-ethyl adjacent to an activating group) is 1. The summed E-state index contributed by atoms with van der Waals surface area (Å²) in [5, 5.41) is 30.2. The molecule has 2 N–H and O–H groups in total. The molecule has 3 amide bonds. The Bertz CT molecular complexity index is 1760. The molecule has 0 radical (unpaired) electrons. The zero-order chi connectivity index (χ0) is 43.4. The first-order chi connectivity index (χ1) is 28.9. The van der Waals surface area contributed by atoms with Crippen molar-refractivity contribution in [3.63, 3.8) is 0 Å². The lowest BCUT2D eigenvalue weighted by Gasteiger charge is -2.36. The number of alkyl halides is 3. The lowest BCUT2D eigenvalue weighted by molar-refractivity contribution is -0.166. The average Bonchev–Trinajstić information content (AvgIpc) is 4.08. The van der Waals surface area contributed by atoms with E-state index in [1.807, 2.05) is 18.2 Å². The quantitative estimate of drug-likeness (QED) is 0.130. The Balaban J connectivity index is 1.24. The number of halogens is 3. The molecule has 0 bridgehead atoms. The third-order valence-corrected chi connectivity index (χ3v) is 10.6. The fourth-order valence-corrected chi connectivity index (χ4v) is 7.06. The molecule has 2 aliphatic rings. The Kier molecular flexibility index (Phi) is 19.0. The number of para-hydroxylation sites is 2. The molecule has 1 saturated heterocycles. The van der Waals surface area contributed by atoms with Gasteiger partial charge in [-0.3, -0.25) is 19.3 Å². The summed E-state index contributed by atoms with van der Waals surface area (Å²) in [5.41, 5.74) is -1.47. The van der Waals surface area contributed by atoms with Crippen LogP contribution in [0.1, 0.15) is 60.9 Å². The molecule has 2 aromatic carbocycles. The number of ether oxygens (including phenoxy) is 1. The number of piperazine rings is 1. The fourth-order valence-electron chi connectivity index (χ4n) is 7.06. The smallest absolute Gasteiger partial charge is 0.442 e. The Labute approximate surface area is 351 Å². The first-order valence-electron chi connectivity index (χ1n) is 20.6. The van der Waals surface area contributed by atoms with Crippen LogP contribution in [0.25, 0.3) is 0 Å². The molecular formula is C42H58F3N11O4. The maximum absolute atomic E-state index is 13.6. The van der Waals surface area contributed by atoms with E-state index in [9.17, 15) is 27.6 Å². The highest BCUT2D eigenvalue weighted by Crippen LogP contribution is 2.52. The molecule has 4 rings (SSSR count). The van der Waals surface area contributed by atoms with Crippen molar-refractivity contribution in [3.05, 3.63) is 59.7 Å². The topological polar surface area (TPSA) is 173 Å². The molecule has 2 aromatic rings. The van der Waals surface area contributed by atoms with Crippen LogP contribution < -0.4 is 20.3 Å². The van der Waals surface area contributed by atoms with Crippen molar-refractivity contribution in [2.45, 2.75) is 56.8 Å². The van der Waals surface area contributed by atoms with Crippen molar-refractivity contribution >= 4 is 23.4 Å². The maximum atomic E-state index is 13.6. The van der Waals surface area contributed by atoms with Gasteiger partial charge in [0.05, 0.1) is 31.5 Å². The predicted molar refractivity (Wildman–Crippen MR) is 220 cm³/mol. The second-order valence-corrected chi connectivity index (χ2v) is 14.9. The highest BCUT2D eigenvalue weighted by Gasteiger charge is 2.65. The Morgan fingerprint density at radius 2 is 1.50 bits per heavy atom. The van der Waals surface area contributed by atoms with Gasteiger partial charge in [0.25, 0.3) is 5.91 Å². The Morgan fingerprint density at radius 1 is 0.850 bits per heavy atom. The van der Waals surface area contributed by atoms with E-state index in [1.165, 1.54) is 29.2 Å². The number of nitrogens with one attached hydrogen (secondary N) is 2. The van der Waals surface area contributed by atoms with Gasteiger partial charge in [0, 0.05) is 96.3 Å². The molecule has 0 aliphatic carbocycles. The van der Waals surface area contributed by atoms with Crippen LogP contribution in [0.5, 0.6) is 5.75 Å². The van der Waals surface area contributed by atoms with Crippen LogP contribution in [-0.2, 0) is 15.3 Å². The van der Waals surface area contributed by atoms with Crippen molar-refractivity contribution in [1.82, 2.24) is 30.2 Å². The minimum Gasteiger partial charge on any atom is -0.495 e. The van der Waals surface area contributed by atoms with Gasteiger partial charge in [-0.15, -0.1) is 10.2 Å². The number of benzene rings is 2. The number of hydrogen-bond donors (Lipinski definition) is 2. The minimum atomic E-state index is -4.67. The summed E-state index contributed by atoms with van der Waals surface area (Å²) in [6.45, 7) is 7.96. The second-order valence-electron chi connectivity index (χ2n) is 14.9. The van der Waals surface area contributed by atoms with E-state index in [0.717, 1.165) is 83.1 Å². The predicted octanol–water partition coefficient (Wildman–Crippen LogP) is 4.38. The molecule has 2 heterocycles. The third-order valence-electron chi connectivity index (χ3n) is 10.6. The highest BCUT2D eigenvalue weighted by molar-refractivity contribution is 5.94. The Morgan fingerprint density at radius 3 is 2.12 bits per heavy atom. The number of rotatable bonds is 26. The van der Waals surface area contributed by atoms with Crippen LogP contribution in [-0.4, -0.2) is 149 Å². The number of methoxy groups -OCH3 is 1. The molecule has 0 saturated carbocycles. The summed E-state index contributed by atoms with van der Waals surface area (Å²) in [6.07, 6.45) is -0.547. The van der Waals surface area contributed by atoms with Crippen molar-refractivity contribution < 1.29 is 32.3 Å². The summed E-state index contributed by atoms with van der Waals surface area (Å²) >= 11 is 0. The van der Waals surface area contributed by atoms with Crippen LogP contribution >= 0.6 is 0 Å². The van der Waals surface area contributed by atoms with E-state index < -0.39 is 17.7 Å². The lowest BCUT2D eigenvalue weighted by atomic mass is 10.0. The second kappa shape index (κ2) is 24.1. The highest BCUT2D eigenvalue weighted by atomic mass is 19.4. The van der Waals surface area contributed by atoms with Gasteiger partial charge in [-0.1, -0.05) is 24.3 Å². The largest absolute Gasteiger partial charge is 0.495 e. The molecule has 0 atom stereocenters. The molecule has 0 unspecified atom stereocenters. The number of anilines is 1. The normalized spacial score (nSPS) is 14.6. The molecule has 18 heteroatoms. The number of hydrogen-bond acceptors (Lipinski definition) is 12. The van der Waals surface area contributed by atoms with Crippen molar-refractivity contribution in [2.24, 2.45) is 10.2 Å². The summed E-state index contributed by atoms with van der Waals surface area (Å²) in [7, 11) is 3.24. The molecule has 326 valence electrons. The van der Waals surface area contributed by atoms with Crippen LogP contribution in [0.4, 0.5) is 18.9 Å². The van der Waals surface area contributed by atoms with E-state index in [2.05, 4.69) is 53.8 Å².